The van der Waals surface area contributed by atoms with E-state index in [9.17, 15) is 13.2 Å². The van der Waals surface area contributed by atoms with Crippen LogP contribution in [0.3, 0.4) is 0 Å². The largest absolute Gasteiger partial charge is 0.494 e. The minimum absolute atomic E-state index is 0.00112. The second-order valence-electron chi connectivity index (χ2n) is 5.12. The first-order valence-electron chi connectivity index (χ1n) is 6.87. The molecule has 1 fully saturated rings. The van der Waals surface area contributed by atoms with E-state index in [1.165, 1.54) is 0 Å². The number of ether oxygens (including phenoxy) is 1. The number of benzene rings is 1. The van der Waals surface area contributed by atoms with E-state index in [4.69, 9.17) is 4.74 Å². The van der Waals surface area contributed by atoms with Crippen LogP contribution in [-0.2, 0) is 14.8 Å². The number of sulfonamides is 1. The second-order valence-corrected chi connectivity index (χ2v) is 6.96. The van der Waals surface area contributed by atoms with E-state index in [2.05, 4.69) is 4.72 Å². The molecule has 0 bridgehead atoms. The Morgan fingerprint density at radius 2 is 2.00 bits per heavy atom. The van der Waals surface area contributed by atoms with Crippen LogP contribution in [0.15, 0.2) is 24.3 Å². The Kier molecular flexibility index (Phi) is 4.84. The van der Waals surface area contributed by atoms with E-state index in [1.807, 2.05) is 31.2 Å². The lowest BCUT2D eigenvalue weighted by atomic mass is 10.1. The Labute approximate surface area is 125 Å². The molecular formula is C14H20N2O4S. The summed E-state index contributed by atoms with van der Waals surface area (Å²) < 4.78 is 30.0. The lowest BCUT2D eigenvalue weighted by Crippen LogP contribution is -2.30. The molecule has 1 amide bonds. The standard InChI is InChI=1S/C14H20N2O4S/c1-3-20-13-6-4-12(5-7-13)16-10-11(8-14(16)17)9-15-21(2,18)19/h4-7,11,15H,3,8-10H2,1-2H3/t11-/m1/s1. The molecule has 1 aromatic rings. The van der Waals surface area contributed by atoms with Gasteiger partial charge < -0.3 is 9.64 Å². The number of anilines is 1. The molecule has 1 aliphatic heterocycles. The molecule has 116 valence electrons. The third kappa shape index (κ3) is 4.44. The smallest absolute Gasteiger partial charge is 0.227 e. The maximum Gasteiger partial charge on any atom is 0.227 e. The monoisotopic (exact) mass is 312 g/mol. The van der Waals surface area contributed by atoms with Crippen molar-refractivity contribution in [2.75, 3.05) is 30.9 Å². The molecular weight excluding hydrogens is 292 g/mol. The van der Waals surface area contributed by atoms with Crippen LogP contribution in [0.1, 0.15) is 13.3 Å². The van der Waals surface area contributed by atoms with Gasteiger partial charge in [0, 0.05) is 25.2 Å². The fourth-order valence-corrected chi connectivity index (χ4v) is 2.86. The first-order chi connectivity index (χ1) is 9.89. The minimum atomic E-state index is -3.22. The maximum atomic E-state index is 12.0. The summed E-state index contributed by atoms with van der Waals surface area (Å²) in [6.07, 6.45) is 1.48. The van der Waals surface area contributed by atoms with E-state index < -0.39 is 10.0 Å². The molecule has 0 aliphatic carbocycles. The zero-order valence-corrected chi connectivity index (χ0v) is 13.0. The molecule has 1 saturated heterocycles. The topological polar surface area (TPSA) is 75.7 Å². The average Bonchev–Trinajstić information content (AvgIpc) is 2.78. The van der Waals surface area contributed by atoms with Gasteiger partial charge in [-0.15, -0.1) is 0 Å². The third-order valence-electron chi connectivity index (χ3n) is 3.30. The number of carbonyl (C=O) groups excluding carboxylic acids is 1. The molecule has 0 aromatic heterocycles. The summed E-state index contributed by atoms with van der Waals surface area (Å²) in [5.74, 6) is 0.779. The van der Waals surface area contributed by atoms with Crippen molar-refractivity contribution in [3.05, 3.63) is 24.3 Å². The van der Waals surface area contributed by atoms with Crippen molar-refractivity contribution in [1.82, 2.24) is 4.72 Å². The van der Waals surface area contributed by atoms with Crippen LogP contribution in [0.2, 0.25) is 0 Å². The molecule has 7 heteroatoms. The van der Waals surface area contributed by atoms with Gasteiger partial charge in [0.25, 0.3) is 0 Å². The maximum absolute atomic E-state index is 12.0. The van der Waals surface area contributed by atoms with E-state index in [1.54, 1.807) is 4.90 Å². The highest BCUT2D eigenvalue weighted by Gasteiger charge is 2.30. The van der Waals surface area contributed by atoms with E-state index in [0.717, 1.165) is 17.7 Å². The van der Waals surface area contributed by atoms with Gasteiger partial charge in [-0.1, -0.05) is 0 Å². The van der Waals surface area contributed by atoms with Crippen molar-refractivity contribution in [3.63, 3.8) is 0 Å². The second kappa shape index (κ2) is 6.44. The van der Waals surface area contributed by atoms with Crippen molar-refractivity contribution in [3.8, 4) is 5.75 Å². The zero-order valence-electron chi connectivity index (χ0n) is 12.2. The molecule has 0 radical (unpaired) electrons. The first-order valence-corrected chi connectivity index (χ1v) is 8.76. The van der Waals surface area contributed by atoms with Gasteiger partial charge in [0.2, 0.25) is 15.9 Å². The normalized spacial score (nSPS) is 19.0. The van der Waals surface area contributed by atoms with Crippen molar-refractivity contribution in [1.29, 1.82) is 0 Å². The summed E-state index contributed by atoms with van der Waals surface area (Å²) >= 11 is 0. The fraction of sp³-hybridized carbons (Fsp3) is 0.500. The summed E-state index contributed by atoms with van der Waals surface area (Å²) in [6, 6.07) is 7.34. The van der Waals surface area contributed by atoms with Crippen LogP contribution >= 0.6 is 0 Å². The van der Waals surface area contributed by atoms with Crippen molar-refractivity contribution < 1.29 is 17.9 Å². The number of hydrogen-bond donors (Lipinski definition) is 1. The number of rotatable bonds is 6. The highest BCUT2D eigenvalue weighted by molar-refractivity contribution is 7.88. The SMILES string of the molecule is CCOc1ccc(N2C[C@@H](CNS(C)(=O)=O)CC2=O)cc1. The predicted molar refractivity (Wildman–Crippen MR) is 80.9 cm³/mol. The lowest BCUT2D eigenvalue weighted by Gasteiger charge is -2.17. The molecule has 1 atom stereocenters. The van der Waals surface area contributed by atoms with Crippen LogP contribution in [0.25, 0.3) is 0 Å². The third-order valence-corrected chi connectivity index (χ3v) is 3.99. The van der Waals surface area contributed by atoms with Gasteiger partial charge in [0.05, 0.1) is 12.9 Å². The fourth-order valence-electron chi connectivity index (χ4n) is 2.33. The van der Waals surface area contributed by atoms with Gasteiger partial charge in [-0.3, -0.25) is 4.79 Å². The summed E-state index contributed by atoms with van der Waals surface area (Å²) in [7, 11) is -3.22. The summed E-state index contributed by atoms with van der Waals surface area (Å²) in [5.41, 5.74) is 0.810. The zero-order chi connectivity index (χ0) is 15.5. The van der Waals surface area contributed by atoms with E-state index in [0.29, 0.717) is 19.6 Å². The lowest BCUT2D eigenvalue weighted by molar-refractivity contribution is -0.117. The minimum Gasteiger partial charge on any atom is -0.494 e. The summed E-state index contributed by atoms with van der Waals surface area (Å²) in [4.78, 5) is 13.7. The van der Waals surface area contributed by atoms with E-state index >= 15 is 0 Å². The van der Waals surface area contributed by atoms with Gasteiger partial charge >= 0.3 is 0 Å². The van der Waals surface area contributed by atoms with Gasteiger partial charge in [-0.2, -0.15) is 0 Å². The van der Waals surface area contributed by atoms with Crippen molar-refractivity contribution >= 4 is 21.6 Å². The summed E-state index contributed by atoms with van der Waals surface area (Å²) in [6.45, 7) is 3.33. The van der Waals surface area contributed by atoms with Gasteiger partial charge in [-0.05, 0) is 37.1 Å². The van der Waals surface area contributed by atoms with Crippen LogP contribution in [0.4, 0.5) is 5.69 Å². The Morgan fingerprint density at radius 3 is 2.57 bits per heavy atom. The van der Waals surface area contributed by atoms with Crippen molar-refractivity contribution in [2.45, 2.75) is 13.3 Å². The Bertz CT molecular complexity index is 598. The van der Waals surface area contributed by atoms with Crippen LogP contribution in [0, 0.1) is 5.92 Å². The van der Waals surface area contributed by atoms with Crippen LogP contribution in [-0.4, -0.2) is 40.3 Å². The Morgan fingerprint density at radius 1 is 1.33 bits per heavy atom. The predicted octanol–water partition coefficient (Wildman–Crippen LogP) is 0.987. The molecule has 0 saturated carbocycles. The Balaban J connectivity index is 1.99. The highest BCUT2D eigenvalue weighted by Crippen LogP contribution is 2.26. The number of carbonyl (C=O) groups is 1. The molecule has 0 spiro atoms. The molecule has 2 rings (SSSR count). The molecule has 1 aliphatic rings. The van der Waals surface area contributed by atoms with Gasteiger partial charge in [0.1, 0.15) is 5.75 Å². The van der Waals surface area contributed by atoms with Gasteiger partial charge in [-0.25, -0.2) is 13.1 Å². The molecule has 1 aromatic carbocycles. The first kappa shape index (κ1) is 15.8. The van der Waals surface area contributed by atoms with E-state index in [-0.39, 0.29) is 18.4 Å². The van der Waals surface area contributed by atoms with Crippen LogP contribution in [0.5, 0.6) is 5.75 Å². The Hall–Kier alpha value is -1.60. The molecule has 1 heterocycles. The molecule has 1 N–H and O–H groups in total. The van der Waals surface area contributed by atoms with Crippen molar-refractivity contribution in [2.24, 2.45) is 5.92 Å². The number of amides is 1. The average molecular weight is 312 g/mol. The number of nitrogens with zero attached hydrogens (tertiary/aromatic N) is 1. The quantitative estimate of drug-likeness (QED) is 0.850. The van der Waals surface area contributed by atoms with Gasteiger partial charge in [0.15, 0.2) is 0 Å². The highest BCUT2D eigenvalue weighted by atomic mass is 32.2. The molecule has 6 nitrogen and oxygen atoms in total. The molecule has 21 heavy (non-hydrogen) atoms. The number of nitrogens with one attached hydrogen (secondary N) is 1. The number of hydrogen-bond acceptors (Lipinski definition) is 4. The summed E-state index contributed by atoms with van der Waals surface area (Å²) in [5, 5.41) is 0. The van der Waals surface area contributed by atoms with Crippen LogP contribution < -0.4 is 14.4 Å². The molecule has 0 unspecified atom stereocenters.